The van der Waals surface area contributed by atoms with Crippen LogP contribution in [0.15, 0.2) is 58.8 Å². The number of halogens is 4. The Morgan fingerprint density at radius 3 is 1.41 bits per heavy atom. The monoisotopic (exact) mass is 538 g/mol. The predicted octanol–water partition coefficient (Wildman–Crippen LogP) is 8.35. The molecule has 9 heteroatoms. The van der Waals surface area contributed by atoms with Crippen LogP contribution in [0.2, 0.25) is 20.1 Å². The van der Waals surface area contributed by atoms with E-state index in [1.165, 1.54) is 0 Å². The molecule has 0 aliphatic carbocycles. The minimum atomic E-state index is -0.554. The van der Waals surface area contributed by atoms with Crippen LogP contribution in [0, 0.1) is 11.8 Å². The van der Waals surface area contributed by atoms with E-state index in [1.807, 2.05) is 64.1 Å². The van der Waals surface area contributed by atoms with Crippen LogP contribution in [0.1, 0.15) is 38.8 Å². The molecule has 0 saturated carbocycles. The van der Waals surface area contributed by atoms with E-state index in [-0.39, 0.29) is 11.8 Å². The van der Waals surface area contributed by atoms with Crippen molar-refractivity contribution >= 4 is 76.0 Å². The lowest BCUT2D eigenvalue weighted by molar-refractivity contribution is 0.241. The van der Waals surface area contributed by atoms with Gasteiger partial charge in [0.25, 0.3) is 0 Å². The summed E-state index contributed by atoms with van der Waals surface area (Å²) in [6, 6.07) is 10.1. The third kappa shape index (κ3) is 9.15. The van der Waals surface area contributed by atoms with Crippen LogP contribution in [-0.4, -0.2) is 17.5 Å². The lowest BCUT2D eigenvalue weighted by Crippen LogP contribution is -2.31. The van der Waals surface area contributed by atoms with E-state index < -0.39 is 6.03 Å². The summed E-state index contributed by atoms with van der Waals surface area (Å²) in [4.78, 5) is 12.3. The molecule has 5 nitrogen and oxygen atoms in total. The minimum absolute atomic E-state index is 0.0724. The normalized spacial score (nSPS) is 12.9. The zero-order valence-electron chi connectivity index (χ0n) is 19.2. The molecule has 0 radical (unpaired) electrons. The van der Waals surface area contributed by atoms with Gasteiger partial charge in [-0.05, 0) is 59.4 Å². The summed E-state index contributed by atoms with van der Waals surface area (Å²) in [5.74, 6) is 0.145. The topological polar surface area (TPSA) is 65.8 Å². The lowest BCUT2D eigenvalue weighted by Gasteiger charge is -2.08. The van der Waals surface area contributed by atoms with Crippen molar-refractivity contribution in [3.8, 4) is 0 Å². The molecule has 0 aromatic heterocycles. The predicted molar refractivity (Wildman–Crippen MR) is 147 cm³/mol. The zero-order chi connectivity index (χ0) is 25.3. The summed E-state index contributed by atoms with van der Waals surface area (Å²) in [6.45, 7) is 7.89. The Bertz CT molecular complexity index is 1050. The Hall–Kier alpha value is -2.31. The highest BCUT2D eigenvalue weighted by Gasteiger charge is 2.06. The molecule has 2 aromatic rings. The van der Waals surface area contributed by atoms with E-state index in [0.717, 1.165) is 11.1 Å². The maximum atomic E-state index is 12.3. The third-order valence-electron chi connectivity index (χ3n) is 4.54. The highest BCUT2D eigenvalue weighted by Crippen LogP contribution is 2.24. The third-order valence-corrected chi connectivity index (χ3v) is 6.01. The van der Waals surface area contributed by atoms with Crippen LogP contribution in [0.25, 0.3) is 12.2 Å². The second kappa shape index (κ2) is 13.5. The first kappa shape index (κ1) is 27.9. The number of carbonyl (C=O) groups is 1. The van der Waals surface area contributed by atoms with Gasteiger partial charge in [0.05, 0.1) is 31.5 Å². The van der Waals surface area contributed by atoms with Gasteiger partial charge in [-0.2, -0.15) is 10.2 Å². The summed E-state index contributed by atoms with van der Waals surface area (Å²) >= 11 is 24.0. The summed E-state index contributed by atoms with van der Waals surface area (Å²) in [6.07, 6.45) is 7.33. The van der Waals surface area contributed by atoms with Gasteiger partial charge in [0.15, 0.2) is 0 Å². The number of hydrazone groups is 2. The summed E-state index contributed by atoms with van der Waals surface area (Å²) in [7, 11) is 0. The van der Waals surface area contributed by atoms with Crippen LogP contribution >= 0.6 is 46.4 Å². The molecule has 0 fully saturated rings. The van der Waals surface area contributed by atoms with Gasteiger partial charge >= 0.3 is 6.03 Å². The molecule has 2 amide bonds. The quantitative estimate of drug-likeness (QED) is 0.257. The zero-order valence-corrected chi connectivity index (χ0v) is 22.3. The Morgan fingerprint density at radius 2 is 1.09 bits per heavy atom. The molecule has 0 aliphatic heterocycles. The Kier molecular flexibility index (Phi) is 11.1. The molecule has 34 heavy (non-hydrogen) atoms. The number of rotatable bonds is 8. The van der Waals surface area contributed by atoms with E-state index in [2.05, 4.69) is 21.1 Å². The summed E-state index contributed by atoms with van der Waals surface area (Å²) < 4.78 is 0. The molecule has 0 spiro atoms. The van der Waals surface area contributed by atoms with E-state index >= 15 is 0 Å². The summed E-state index contributed by atoms with van der Waals surface area (Å²) in [5.41, 5.74) is 8.04. The number of hydrogen-bond acceptors (Lipinski definition) is 3. The second-order valence-corrected chi connectivity index (χ2v) is 9.58. The van der Waals surface area contributed by atoms with Crippen molar-refractivity contribution in [2.45, 2.75) is 27.7 Å². The number of hydrogen-bond donors (Lipinski definition) is 2. The number of nitrogens with one attached hydrogen (secondary N) is 2. The van der Waals surface area contributed by atoms with Crippen molar-refractivity contribution in [3.05, 3.63) is 79.8 Å². The van der Waals surface area contributed by atoms with Gasteiger partial charge in [-0.1, -0.05) is 98.4 Å². The molecule has 2 rings (SSSR count). The Balaban J connectivity index is 2.06. The van der Waals surface area contributed by atoms with Gasteiger partial charge in [-0.25, -0.2) is 15.6 Å². The number of urea groups is 1. The van der Waals surface area contributed by atoms with Crippen LogP contribution in [0.3, 0.4) is 0 Å². The number of benzene rings is 2. The van der Waals surface area contributed by atoms with Crippen molar-refractivity contribution < 1.29 is 4.79 Å². The van der Waals surface area contributed by atoms with Gasteiger partial charge in [0.1, 0.15) is 0 Å². The van der Waals surface area contributed by atoms with Crippen molar-refractivity contribution in [2.24, 2.45) is 22.0 Å². The van der Waals surface area contributed by atoms with Gasteiger partial charge in [0, 0.05) is 0 Å². The van der Waals surface area contributed by atoms with Crippen molar-refractivity contribution in [2.75, 3.05) is 0 Å². The fourth-order valence-electron chi connectivity index (χ4n) is 2.57. The van der Waals surface area contributed by atoms with Crippen LogP contribution in [-0.2, 0) is 0 Å². The van der Waals surface area contributed by atoms with E-state index in [0.29, 0.717) is 31.5 Å². The van der Waals surface area contributed by atoms with Gasteiger partial charge < -0.3 is 0 Å². The fourth-order valence-corrected chi connectivity index (χ4v) is 3.18. The first-order valence-electron chi connectivity index (χ1n) is 10.5. The standard InChI is InChI=1S/C25H26Cl4N4O/c1-15(2)23(11-7-17-5-9-19(26)21(28)13-17)30-32-25(34)33-31-24(16(3)4)12-8-18-6-10-20(27)22(29)14-18/h5-16H,1-4H3,(H2,32,33,34)/b11-7-,12-8-,30-23-,31-24+. The second-order valence-electron chi connectivity index (χ2n) is 7.95. The molecule has 0 heterocycles. The molecule has 0 aliphatic rings. The first-order valence-corrected chi connectivity index (χ1v) is 12.1. The molecule has 2 aromatic carbocycles. The van der Waals surface area contributed by atoms with E-state index in [1.54, 1.807) is 24.3 Å². The van der Waals surface area contributed by atoms with E-state index in [4.69, 9.17) is 46.4 Å². The largest absolute Gasteiger partial charge is 0.355 e. The first-order chi connectivity index (χ1) is 16.1. The minimum Gasteiger partial charge on any atom is -0.245 e. The molecular formula is C25H26Cl4N4O. The highest BCUT2D eigenvalue weighted by molar-refractivity contribution is 6.42. The SMILES string of the molecule is CC(C)C(/C=C\c1ccc(Cl)c(Cl)c1)=N/NC(=O)N/N=C(/C=C\c1ccc(Cl)c(Cl)c1)C(C)C. The fraction of sp³-hybridized carbons (Fsp3) is 0.240. The summed E-state index contributed by atoms with van der Waals surface area (Å²) in [5, 5.41) is 10.3. The molecule has 0 saturated heterocycles. The molecule has 2 N–H and O–H groups in total. The molecule has 0 unspecified atom stereocenters. The average Bonchev–Trinajstić information content (AvgIpc) is 2.77. The maximum absolute atomic E-state index is 12.3. The van der Waals surface area contributed by atoms with Crippen LogP contribution < -0.4 is 10.9 Å². The van der Waals surface area contributed by atoms with Gasteiger partial charge in [-0.3, -0.25) is 0 Å². The molecule has 180 valence electrons. The Morgan fingerprint density at radius 1 is 0.706 bits per heavy atom. The lowest BCUT2D eigenvalue weighted by atomic mass is 10.1. The number of amides is 2. The van der Waals surface area contributed by atoms with Crippen LogP contribution in [0.5, 0.6) is 0 Å². The van der Waals surface area contributed by atoms with Crippen molar-refractivity contribution in [1.29, 1.82) is 0 Å². The Labute approximate surface area is 220 Å². The average molecular weight is 540 g/mol. The molecule has 0 bridgehead atoms. The van der Waals surface area contributed by atoms with Gasteiger partial charge in [-0.15, -0.1) is 0 Å². The maximum Gasteiger partial charge on any atom is 0.355 e. The number of carbonyl (C=O) groups excluding carboxylic acids is 1. The number of nitrogens with zero attached hydrogens (tertiary/aromatic N) is 2. The van der Waals surface area contributed by atoms with Crippen molar-refractivity contribution in [3.63, 3.8) is 0 Å². The molecule has 0 atom stereocenters. The smallest absolute Gasteiger partial charge is 0.245 e. The van der Waals surface area contributed by atoms with Gasteiger partial charge in [0.2, 0.25) is 0 Å². The highest BCUT2D eigenvalue weighted by atomic mass is 35.5. The van der Waals surface area contributed by atoms with E-state index in [9.17, 15) is 4.79 Å². The van der Waals surface area contributed by atoms with Crippen LogP contribution in [0.4, 0.5) is 4.79 Å². The van der Waals surface area contributed by atoms with Crippen molar-refractivity contribution in [1.82, 2.24) is 10.9 Å². The number of allylic oxidation sites excluding steroid dienone is 2. The molecular weight excluding hydrogens is 514 g/mol.